The summed E-state index contributed by atoms with van der Waals surface area (Å²) in [6.07, 6.45) is 8.57. The van der Waals surface area contributed by atoms with Gasteiger partial charge in [0.1, 0.15) is 0 Å². The van der Waals surface area contributed by atoms with Crippen molar-refractivity contribution >= 4 is 11.8 Å². The van der Waals surface area contributed by atoms with Crippen molar-refractivity contribution in [2.45, 2.75) is 112 Å². The van der Waals surface area contributed by atoms with Gasteiger partial charge in [-0.25, -0.2) is 0 Å². The fourth-order valence-electron chi connectivity index (χ4n) is 4.78. The zero-order valence-corrected chi connectivity index (χ0v) is 22.2. The average molecular weight is 464 g/mol. The molecule has 0 aliphatic carbocycles. The Kier molecular flexibility index (Phi) is 11.5. The number of ketones is 1. The first-order valence-corrected chi connectivity index (χ1v) is 13.3. The summed E-state index contributed by atoms with van der Waals surface area (Å²) in [6.45, 7) is 12.2. The molecule has 1 unspecified atom stereocenters. The third kappa shape index (κ3) is 7.55. The van der Waals surface area contributed by atoms with Gasteiger partial charge in [0.2, 0.25) is 5.78 Å². The van der Waals surface area contributed by atoms with Crippen LogP contribution >= 0.6 is 0 Å². The summed E-state index contributed by atoms with van der Waals surface area (Å²) in [5, 5.41) is 0. The first-order valence-electron chi connectivity index (χ1n) is 13.3. The molecule has 0 heterocycles. The normalized spacial score (nSPS) is 11.9. The summed E-state index contributed by atoms with van der Waals surface area (Å²) >= 11 is 0. The Hall–Kier alpha value is -2.42. The number of esters is 1. The summed E-state index contributed by atoms with van der Waals surface area (Å²) in [4.78, 5) is 26.3. The Balaban J connectivity index is 2.70. The van der Waals surface area contributed by atoms with Crippen LogP contribution in [0.3, 0.4) is 0 Å². The van der Waals surface area contributed by atoms with Gasteiger partial charge in [0.05, 0.1) is 0 Å². The lowest BCUT2D eigenvalue weighted by Gasteiger charge is -2.24. The van der Waals surface area contributed by atoms with Crippen LogP contribution in [0.15, 0.2) is 24.3 Å². The fourth-order valence-corrected chi connectivity index (χ4v) is 4.78. The van der Waals surface area contributed by atoms with E-state index in [0.29, 0.717) is 5.56 Å². The van der Waals surface area contributed by atoms with Crippen molar-refractivity contribution < 1.29 is 14.3 Å². The zero-order chi connectivity index (χ0) is 25.1. The quantitative estimate of drug-likeness (QED) is 0.213. The molecule has 2 aromatic rings. The molecule has 0 spiro atoms. The van der Waals surface area contributed by atoms with Crippen LogP contribution in [-0.4, -0.2) is 11.8 Å². The Labute approximate surface area is 207 Å². The van der Waals surface area contributed by atoms with Crippen molar-refractivity contribution in [1.29, 1.82) is 0 Å². The van der Waals surface area contributed by atoms with Crippen LogP contribution in [0.1, 0.15) is 123 Å². The molecule has 0 aliphatic rings. The van der Waals surface area contributed by atoms with Crippen molar-refractivity contribution in [1.82, 2.24) is 0 Å². The van der Waals surface area contributed by atoms with E-state index < -0.39 is 12.1 Å². The van der Waals surface area contributed by atoms with Gasteiger partial charge in [-0.2, -0.15) is 0 Å². The van der Waals surface area contributed by atoms with Crippen LogP contribution in [0.4, 0.5) is 0 Å². The number of Topliss-reactive ketones (excluding diaryl/α,β-unsaturated/α-hetero) is 1. The summed E-state index contributed by atoms with van der Waals surface area (Å²) in [5.41, 5.74) is 7.23. The number of aryl methyl sites for hydroxylation is 5. The van der Waals surface area contributed by atoms with E-state index in [-0.39, 0.29) is 5.78 Å². The molecule has 0 fully saturated rings. The van der Waals surface area contributed by atoms with E-state index in [9.17, 15) is 9.59 Å². The minimum Gasteiger partial charge on any atom is -0.449 e. The minimum absolute atomic E-state index is 0.128. The van der Waals surface area contributed by atoms with E-state index in [4.69, 9.17) is 4.74 Å². The Morgan fingerprint density at radius 2 is 1.21 bits per heavy atom. The fraction of sp³-hybridized carbons (Fsp3) is 0.548. The van der Waals surface area contributed by atoms with Crippen molar-refractivity contribution in [2.75, 3.05) is 0 Å². The lowest BCUT2D eigenvalue weighted by atomic mass is 9.85. The zero-order valence-electron chi connectivity index (χ0n) is 22.2. The lowest BCUT2D eigenvalue weighted by molar-refractivity contribution is -0.144. The van der Waals surface area contributed by atoms with Gasteiger partial charge in [-0.3, -0.25) is 9.59 Å². The molecule has 2 aromatic carbocycles. The summed E-state index contributed by atoms with van der Waals surface area (Å²) in [7, 11) is 0. The standard InChI is InChI=1S/C31H43O3/c1-7-12-23-17-24(13-8-2)21-28(20-23)30(33)31(34-22(6)32)29-26(15-10-4)18-25(14-9-3)19-27(29)16-11-5/h18-21,31H,7-16H2,1-6H3. The molecule has 0 aromatic heterocycles. The van der Waals surface area contributed by atoms with Gasteiger partial charge in [0.25, 0.3) is 0 Å². The molecule has 1 radical (unpaired) electrons. The third-order valence-electron chi connectivity index (χ3n) is 6.08. The van der Waals surface area contributed by atoms with E-state index >= 15 is 0 Å². The minimum atomic E-state index is -0.914. The smallest absolute Gasteiger partial charge is 0.303 e. The summed E-state index contributed by atoms with van der Waals surface area (Å²) in [6, 6.07) is 11.8. The van der Waals surface area contributed by atoms with Crippen molar-refractivity contribution in [3.8, 4) is 0 Å². The first-order chi connectivity index (χ1) is 16.4. The molecule has 2 rings (SSSR count). The number of hydrogen-bond donors (Lipinski definition) is 0. The summed E-state index contributed by atoms with van der Waals surface area (Å²) in [5.74, 6) is -0.553. The van der Waals surface area contributed by atoms with Crippen LogP contribution in [-0.2, 0) is 41.6 Å². The molecule has 0 aliphatic heterocycles. The highest BCUT2D eigenvalue weighted by atomic mass is 16.5. The molecule has 0 N–H and O–H groups in total. The number of hydrogen-bond acceptors (Lipinski definition) is 3. The highest BCUT2D eigenvalue weighted by Crippen LogP contribution is 2.33. The van der Waals surface area contributed by atoms with E-state index in [2.05, 4.69) is 52.8 Å². The van der Waals surface area contributed by atoms with Gasteiger partial charge in [-0.1, -0.05) is 78.9 Å². The Morgan fingerprint density at radius 3 is 1.62 bits per heavy atom. The second-order valence-electron chi connectivity index (χ2n) is 9.35. The van der Waals surface area contributed by atoms with Crippen molar-refractivity contribution in [3.63, 3.8) is 0 Å². The van der Waals surface area contributed by atoms with Crippen LogP contribution in [0, 0.1) is 6.07 Å². The molecule has 3 nitrogen and oxygen atoms in total. The van der Waals surface area contributed by atoms with Gasteiger partial charge in [-0.15, -0.1) is 0 Å². The van der Waals surface area contributed by atoms with Gasteiger partial charge in [0, 0.05) is 18.1 Å². The maximum Gasteiger partial charge on any atom is 0.303 e. The van der Waals surface area contributed by atoms with Crippen LogP contribution in [0.2, 0.25) is 0 Å². The van der Waals surface area contributed by atoms with Gasteiger partial charge < -0.3 is 4.74 Å². The topological polar surface area (TPSA) is 43.4 Å². The van der Waals surface area contributed by atoms with Gasteiger partial charge in [-0.05, 0) is 78.1 Å². The predicted octanol–water partition coefficient (Wildman–Crippen LogP) is 7.74. The second-order valence-corrected chi connectivity index (χ2v) is 9.35. The second kappa shape index (κ2) is 14.1. The highest BCUT2D eigenvalue weighted by molar-refractivity contribution is 6.01. The number of rotatable bonds is 14. The third-order valence-corrected chi connectivity index (χ3v) is 6.08. The molecule has 0 saturated heterocycles. The number of carbonyl (C=O) groups excluding carboxylic acids is 2. The number of benzene rings is 2. The SMILES string of the molecule is CCCc1[c]c(CCC)cc(C(=O)C(OC(C)=O)c2c(CCC)cc(CCC)cc2CCC)c1. The molecule has 0 saturated carbocycles. The molecular weight excluding hydrogens is 420 g/mol. The molecule has 0 bridgehead atoms. The van der Waals surface area contributed by atoms with Crippen LogP contribution < -0.4 is 0 Å². The lowest BCUT2D eigenvalue weighted by Crippen LogP contribution is -2.22. The summed E-state index contributed by atoms with van der Waals surface area (Å²) < 4.78 is 5.83. The predicted molar refractivity (Wildman–Crippen MR) is 141 cm³/mol. The first kappa shape index (κ1) is 27.8. The van der Waals surface area contributed by atoms with Gasteiger partial charge >= 0.3 is 5.97 Å². The van der Waals surface area contributed by atoms with Crippen molar-refractivity contribution in [3.05, 3.63) is 69.3 Å². The van der Waals surface area contributed by atoms with Crippen LogP contribution in [0.25, 0.3) is 0 Å². The number of carbonyl (C=O) groups is 2. The van der Waals surface area contributed by atoms with Gasteiger partial charge in [0.15, 0.2) is 6.10 Å². The van der Waals surface area contributed by atoms with E-state index in [1.54, 1.807) is 0 Å². The average Bonchev–Trinajstić information content (AvgIpc) is 2.78. The molecular formula is C31H43O3. The van der Waals surface area contributed by atoms with E-state index in [0.717, 1.165) is 92.0 Å². The Morgan fingerprint density at radius 1 is 0.735 bits per heavy atom. The molecule has 185 valence electrons. The molecule has 34 heavy (non-hydrogen) atoms. The Bertz CT molecular complexity index is 906. The monoisotopic (exact) mass is 463 g/mol. The van der Waals surface area contributed by atoms with Crippen LogP contribution in [0.5, 0.6) is 0 Å². The maximum atomic E-state index is 14.0. The maximum absolute atomic E-state index is 14.0. The number of ether oxygens (including phenoxy) is 1. The molecule has 0 amide bonds. The largest absolute Gasteiger partial charge is 0.449 e. The molecule has 3 heteroatoms. The molecule has 1 atom stereocenters. The van der Waals surface area contributed by atoms with E-state index in [1.807, 2.05) is 12.1 Å². The van der Waals surface area contributed by atoms with E-state index in [1.165, 1.54) is 12.5 Å². The van der Waals surface area contributed by atoms with Crippen molar-refractivity contribution in [2.24, 2.45) is 0 Å². The highest BCUT2D eigenvalue weighted by Gasteiger charge is 2.30.